The van der Waals surface area contributed by atoms with Crippen molar-refractivity contribution in [2.24, 2.45) is 5.10 Å². The lowest BCUT2D eigenvalue weighted by Crippen LogP contribution is -2.21. The maximum atomic E-state index is 13.2. The van der Waals surface area contributed by atoms with Crippen molar-refractivity contribution in [3.05, 3.63) is 59.9 Å². The molecule has 0 radical (unpaired) electrons. The molecule has 26 heavy (non-hydrogen) atoms. The van der Waals surface area contributed by atoms with Crippen LogP contribution in [0.25, 0.3) is 11.4 Å². The number of fused-ring (bicyclic) bond motifs is 1. The van der Waals surface area contributed by atoms with Crippen molar-refractivity contribution in [2.75, 3.05) is 6.61 Å². The normalized spacial score (nSPS) is 16.1. The van der Waals surface area contributed by atoms with Gasteiger partial charge >= 0.3 is 0 Å². The summed E-state index contributed by atoms with van der Waals surface area (Å²) in [6.45, 7) is 4.69. The number of thioether (sulfide) groups is 1. The number of ether oxygens (including phenoxy) is 1. The van der Waals surface area contributed by atoms with Crippen LogP contribution in [-0.2, 0) is 0 Å². The van der Waals surface area contributed by atoms with E-state index < -0.39 is 0 Å². The summed E-state index contributed by atoms with van der Waals surface area (Å²) in [6, 6.07) is 14.1. The predicted octanol–water partition coefficient (Wildman–Crippen LogP) is 4.23. The average molecular weight is 368 g/mol. The lowest BCUT2D eigenvalue weighted by atomic mass is 10.1. The van der Waals surface area contributed by atoms with E-state index in [2.05, 4.69) is 17.1 Å². The highest BCUT2D eigenvalue weighted by molar-refractivity contribution is 8.00. The fourth-order valence-electron chi connectivity index (χ4n) is 2.79. The Kier molecular flexibility index (Phi) is 4.46. The van der Waals surface area contributed by atoms with E-state index in [1.54, 1.807) is 28.6 Å². The minimum Gasteiger partial charge on any atom is -0.494 e. The first-order chi connectivity index (χ1) is 12.7. The van der Waals surface area contributed by atoms with Crippen LogP contribution in [0.3, 0.4) is 0 Å². The van der Waals surface area contributed by atoms with Crippen LogP contribution in [0.15, 0.2) is 58.8 Å². The number of hydrogen-bond acceptors (Lipinski definition) is 5. The van der Waals surface area contributed by atoms with Gasteiger partial charge in [0.05, 0.1) is 17.6 Å². The molecule has 0 spiro atoms. The largest absolute Gasteiger partial charge is 0.494 e. The zero-order chi connectivity index (χ0) is 18.1. The Morgan fingerprint density at radius 2 is 1.73 bits per heavy atom. The highest BCUT2D eigenvalue weighted by Gasteiger charge is 2.26. The van der Waals surface area contributed by atoms with E-state index >= 15 is 0 Å². The number of benzene rings is 2. The lowest BCUT2D eigenvalue weighted by Gasteiger charge is -2.20. The van der Waals surface area contributed by atoms with Crippen molar-refractivity contribution in [1.82, 2.24) is 14.9 Å². The first kappa shape index (κ1) is 16.8. The molecule has 0 unspecified atom stereocenters. The SMILES string of the molecule is CCOc1ccc(C2=Nn3c(nnc3-c3ccc(F)cc3)S[C@H]2C)cc1. The van der Waals surface area contributed by atoms with Crippen molar-refractivity contribution >= 4 is 17.5 Å². The standard InChI is InChI=1S/C19H17FN4OS/c1-3-25-16-10-6-13(7-11-16)17-12(2)26-19-22-21-18(24(19)23-17)14-4-8-15(20)9-5-14/h4-12H,3H2,1-2H3/t12-/m0/s1. The third kappa shape index (κ3) is 3.10. The van der Waals surface area contributed by atoms with Gasteiger partial charge in [-0.2, -0.15) is 9.78 Å². The Labute approximate surface area is 154 Å². The molecule has 3 aromatic rings. The van der Waals surface area contributed by atoms with Crippen LogP contribution < -0.4 is 4.74 Å². The Bertz CT molecular complexity index is 951. The quantitative estimate of drug-likeness (QED) is 0.692. The molecule has 0 fully saturated rings. The van der Waals surface area contributed by atoms with Gasteiger partial charge in [0.15, 0.2) is 5.82 Å². The van der Waals surface area contributed by atoms with Gasteiger partial charge in [0.2, 0.25) is 5.16 Å². The smallest absolute Gasteiger partial charge is 0.213 e. The fraction of sp³-hybridized carbons (Fsp3) is 0.211. The average Bonchev–Trinajstić information content (AvgIpc) is 3.05. The molecule has 1 aromatic heterocycles. The summed E-state index contributed by atoms with van der Waals surface area (Å²) in [5.41, 5.74) is 2.74. The molecule has 5 nitrogen and oxygen atoms in total. The minimum atomic E-state index is -0.284. The Morgan fingerprint density at radius 1 is 1.04 bits per heavy atom. The summed E-state index contributed by atoms with van der Waals surface area (Å²) in [5, 5.41) is 14.1. The van der Waals surface area contributed by atoms with Gasteiger partial charge < -0.3 is 4.74 Å². The second-order valence-corrected chi connectivity index (χ2v) is 7.14. The van der Waals surface area contributed by atoms with E-state index in [1.807, 2.05) is 31.2 Å². The maximum Gasteiger partial charge on any atom is 0.213 e. The van der Waals surface area contributed by atoms with E-state index in [0.29, 0.717) is 12.4 Å². The molecule has 0 amide bonds. The molecule has 4 rings (SSSR count). The van der Waals surface area contributed by atoms with Crippen molar-refractivity contribution < 1.29 is 9.13 Å². The van der Waals surface area contributed by atoms with Crippen LogP contribution in [0.1, 0.15) is 19.4 Å². The molecule has 1 aliphatic rings. The van der Waals surface area contributed by atoms with Crippen LogP contribution in [0.5, 0.6) is 5.75 Å². The number of nitrogens with zero attached hydrogens (tertiary/aromatic N) is 4. The van der Waals surface area contributed by atoms with E-state index in [9.17, 15) is 4.39 Å². The van der Waals surface area contributed by atoms with Crippen molar-refractivity contribution in [1.29, 1.82) is 0 Å². The zero-order valence-corrected chi connectivity index (χ0v) is 15.2. The van der Waals surface area contributed by atoms with Gasteiger partial charge in [0, 0.05) is 5.56 Å². The van der Waals surface area contributed by atoms with Gasteiger partial charge in [0.25, 0.3) is 0 Å². The van der Waals surface area contributed by atoms with E-state index in [1.165, 1.54) is 12.1 Å². The van der Waals surface area contributed by atoms with Gasteiger partial charge in [-0.25, -0.2) is 4.39 Å². The molecule has 0 saturated heterocycles. The topological polar surface area (TPSA) is 52.3 Å². The van der Waals surface area contributed by atoms with Gasteiger partial charge in [-0.15, -0.1) is 10.2 Å². The summed E-state index contributed by atoms with van der Waals surface area (Å²) in [7, 11) is 0. The van der Waals surface area contributed by atoms with Crippen LogP contribution in [0.4, 0.5) is 4.39 Å². The first-order valence-electron chi connectivity index (χ1n) is 8.36. The summed E-state index contributed by atoms with van der Waals surface area (Å²) in [4.78, 5) is 0. The van der Waals surface area contributed by atoms with Crippen molar-refractivity contribution in [2.45, 2.75) is 24.3 Å². The molecule has 2 aromatic carbocycles. The number of hydrogen-bond donors (Lipinski definition) is 0. The Balaban J connectivity index is 1.73. The van der Waals surface area contributed by atoms with Crippen molar-refractivity contribution in [3.8, 4) is 17.1 Å². The molecule has 0 N–H and O–H groups in total. The van der Waals surface area contributed by atoms with Crippen LogP contribution in [0.2, 0.25) is 0 Å². The summed E-state index contributed by atoms with van der Waals surface area (Å²) < 4.78 is 20.4. The number of aromatic nitrogens is 3. The van der Waals surface area contributed by atoms with Gasteiger partial charge in [0.1, 0.15) is 11.6 Å². The van der Waals surface area contributed by atoms with Crippen molar-refractivity contribution in [3.63, 3.8) is 0 Å². The second-order valence-electron chi connectivity index (χ2n) is 5.83. The molecule has 0 aliphatic carbocycles. The van der Waals surface area contributed by atoms with Gasteiger partial charge in [-0.1, -0.05) is 11.8 Å². The van der Waals surface area contributed by atoms with Crippen LogP contribution in [-0.4, -0.2) is 32.4 Å². The zero-order valence-electron chi connectivity index (χ0n) is 14.4. The Hall–Kier alpha value is -2.67. The molecule has 132 valence electrons. The monoisotopic (exact) mass is 368 g/mol. The lowest BCUT2D eigenvalue weighted by molar-refractivity contribution is 0.340. The summed E-state index contributed by atoms with van der Waals surface area (Å²) in [5.74, 6) is 1.15. The van der Waals surface area contributed by atoms with Crippen LogP contribution in [0, 0.1) is 5.82 Å². The van der Waals surface area contributed by atoms with Crippen LogP contribution >= 0.6 is 11.8 Å². The molecule has 1 atom stereocenters. The van der Waals surface area contributed by atoms with E-state index in [4.69, 9.17) is 9.84 Å². The molecular weight excluding hydrogens is 351 g/mol. The maximum absolute atomic E-state index is 13.2. The molecule has 7 heteroatoms. The Morgan fingerprint density at radius 3 is 2.42 bits per heavy atom. The third-order valence-corrected chi connectivity index (χ3v) is 5.09. The second kappa shape index (κ2) is 6.92. The minimum absolute atomic E-state index is 0.144. The van der Waals surface area contributed by atoms with E-state index in [-0.39, 0.29) is 11.1 Å². The molecular formula is C19H17FN4OS. The summed E-state index contributed by atoms with van der Waals surface area (Å²) >= 11 is 1.60. The number of halogens is 1. The fourth-order valence-corrected chi connectivity index (χ4v) is 3.72. The molecule has 0 saturated carbocycles. The molecule has 2 heterocycles. The van der Waals surface area contributed by atoms with Gasteiger partial charge in [-0.05, 0) is 67.9 Å². The molecule has 1 aliphatic heterocycles. The third-order valence-electron chi connectivity index (χ3n) is 4.05. The first-order valence-corrected chi connectivity index (χ1v) is 9.24. The molecule has 0 bridgehead atoms. The number of rotatable bonds is 4. The predicted molar refractivity (Wildman–Crippen MR) is 100 cm³/mol. The highest BCUT2D eigenvalue weighted by Crippen LogP contribution is 2.33. The van der Waals surface area contributed by atoms with E-state index in [0.717, 1.165) is 27.7 Å². The highest BCUT2D eigenvalue weighted by atomic mass is 32.2. The van der Waals surface area contributed by atoms with Gasteiger partial charge in [-0.3, -0.25) is 0 Å². The summed E-state index contributed by atoms with van der Waals surface area (Å²) in [6.07, 6.45) is 0.